The summed E-state index contributed by atoms with van der Waals surface area (Å²) in [6, 6.07) is 4.92. The summed E-state index contributed by atoms with van der Waals surface area (Å²) < 4.78 is 64.1. The van der Waals surface area contributed by atoms with E-state index in [1.807, 2.05) is 6.92 Å². The van der Waals surface area contributed by atoms with E-state index in [2.05, 4.69) is 19.7 Å². The lowest BCUT2D eigenvalue weighted by molar-refractivity contribution is 0.377. The van der Waals surface area contributed by atoms with Gasteiger partial charge in [-0.15, -0.1) is 6.58 Å². The molecule has 0 fully saturated rings. The summed E-state index contributed by atoms with van der Waals surface area (Å²) in [6.07, 6.45) is 6.05. The highest BCUT2D eigenvalue weighted by Crippen LogP contribution is 2.42. The van der Waals surface area contributed by atoms with Gasteiger partial charge in [0.25, 0.3) is 0 Å². The Bertz CT molecular complexity index is 1130. The molecule has 0 N–H and O–H groups in total. The molecule has 0 saturated carbocycles. The summed E-state index contributed by atoms with van der Waals surface area (Å²) in [7, 11) is 0. The Morgan fingerprint density at radius 3 is 2.39 bits per heavy atom. The quantitative estimate of drug-likeness (QED) is 0.169. The van der Waals surface area contributed by atoms with Crippen molar-refractivity contribution in [3.63, 3.8) is 0 Å². The van der Waals surface area contributed by atoms with Gasteiger partial charge in [0, 0.05) is 17.5 Å². The van der Waals surface area contributed by atoms with Crippen molar-refractivity contribution >= 4 is 0 Å². The maximum Gasteiger partial charge on any atom is 0.201 e. The van der Waals surface area contributed by atoms with Gasteiger partial charge in [-0.2, -0.15) is 4.39 Å². The molecule has 2 aromatic carbocycles. The number of fused-ring (bicyclic) bond motifs is 2. The molecule has 1 aliphatic heterocycles. The Morgan fingerprint density at radius 1 is 0.970 bits per heavy atom. The van der Waals surface area contributed by atoms with Crippen LogP contribution < -0.4 is 4.74 Å². The van der Waals surface area contributed by atoms with Gasteiger partial charge >= 0.3 is 0 Å². The minimum Gasteiger partial charge on any atom is -0.450 e. The molecule has 0 aliphatic carbocycles. The average Bonchev–Trinajstić information content (AvgIpc) is 2.79. The summed E-state index contributed by atoms with van der Waals surface area (Å²) >= 11 is 0. The molecule has 0 amide bonds. The third-order valence-electron chi connectivity index (χ3n) is 5.71. The van der Waals surface area contributed by atoms with Crippen LogP contribution in [0, 0.1) is 17.5 Å². The second-order valence-electron chi connectivity index (χ2n) is 8.29. The van der Waals surface area contributed by atoms with Crippen LogP contribution in [0.2, 0.25) is 0 Å². The minimum absolute atomic E-state index is 0.110. The molecular weight excluding hydrogens is 428 g/mol. The fourth-order valence-electron chi connectivity index (χ4n) is 3.85. The first-order chi connectivity index (χ1) is 15.8. The zero-order valence-corrected chi connectivity index (χ0v) is 18.9. The fraction of sp³-hybridized carbons (Fsp3) is 0.286. The van der Waals surface area contributed by atoms with Gasteiger partial charge in [0.15, 0.2) is 23.1 Å². The number of benzene rings is 2. The predicted octanol–water partition coefficient (Wildman–Crippen LogP) is 8.62. The van der Waals surface area contributed by atoms with Crippen molar-refractivity contribution in [1.82, 2.24) is 0 Å². The molecule has 0 atom stereocenters. The van der Waals surface area contributed by atoms with E-state index >= 15 is 4.39 Å². The first kappa shape index (κ1) is 24.6. The standard InChI is InChI=1S/C28H28F4O/c1-5-7-9-17(3)14-23(29)18(4)10-11-19-12-13-21-16-22-15-20(8-6-2)24(30)26(32)28(22)33-27(21)25(19)31/h5,12-15H,1,3-4,6-11,16H2,2H3/b23-14+. The molecular formula is C28H28F4O. The van der Waals surface area contributed by atoms with Gasteiger partial charge in [0.2, 0.25) is 5.82 Å². The Balaban J connectivity index is 1.76. The van der Waals surface area contributed by atoms with Crippen molar-refractivity contribution in [1.29, 1.82) is 0 Å². The van der Waals surface area contributed by atoms with Crippen LogP contribution in [0.3, 0.4) is 0 Å². The van der Waals surface area contributed by atoms with Gasteiger partial charge in [-0.1, -0.05) is 50.3 Å². The molecule has 3 rings (SSSR count). The molecule has 33 heavy (non-hydrogen) atoms. The summed E-state index contributed by atoms with van der Waals surface area (Å²) in [5.74, 6) is -3.57. The fourth-order valence-corrected chi connectivity index (χ4v) is 3.85. The van der Waals surface area contributed by atoms with Crippen molar-refractivity contribution in [3.8, 4) is 11.5 Å². The van der Waals surface area contributed by atoms with Crippen LogP contribution in [0.15, 0.2) is 67.1 Å². The molecule has 1 nitrogen and oxygen atoms in total. The Labute approximate surface area is 192 Å². The van der Waals surface area contributed by atoms with E-state index in [0.717, 1.165) is 0 Å². The molecule has 2 aromatic rings. The van der Waals surface area contributed by atoms with E-state index in [1.54, 1.807) is 24.3 Å². The zero-order chi connectivity index (χ0) is 24.1. The number of hydrogen-bond donors (Lipinski definition) is 0. The molecule has 1 aliphatic rings. The molecule has 0 saturated heterocycles. The van der Waals surface area contributed by atoms with Crippen LogP contribution in [-0.4, -0.2) is 0 Å². The van der Waals surface area contributed by atoms with E-state index in [1.165, 1.54) is 6.08 Å². The highest BCUT2D eigenvalue weighted by Gasteiger charge is 2.28. The molecule has 0 aromatic heterocycles. The minimum atomic E-state index is -1.09. The number of ether oxygens (including phenoxy) is 1. The SMILES string of the molecule is C=CCCC(=C)/C=C(/F)C(=C)CCc1ccc2c(c1F)Oc1c(cc(CCC)c(F)c1F)C2. The average molecular weight is 457 g/mol. The van der Waals surface area contributed by atoms with Crippen LogP contribution in [-0.2, 0) is 19.3 Å². The van der Waals surface area contributed by atoms with Crippen molar-refractivity contribution in [2.45, 2.75) is 51.9 Å². The van der Waals surface area contributed by atoms with Crippen molar-refractivity contribution < 1.29 is 22.3 Å². The van der Waals surface area contributed by atoms with E-state index in [-0.39, 0.29) is 36.3 Å². The Hall–Kier alpha value is -3.08. The Morgan fingerprint density at radius 2 is 1.70 bits per heavy atom. The maximum atomic E-state index is 15.2. The summed E-state index contributed by atoms with van der Waals surface area (Å²) in [5, 5.41) is 0. The number of halogens is 4. The van der Waals surface area contributed by atoms with Crippen molar-refractivity contribution in [2.24, 2.45) is 0 Å². The van der Waals surface area contributed by atoms with E-state index in [9.17, 15) is 13.2 Å². The second-order valence-corrected chi connectivity index (χ2v) is 8.29. The summed E-state index contributed by atoms with van der Waals surface area (Å²) in [4.78, 5) is 0. The van der Waals surface area contributed by atoms with Gasteiger partial charge in [-0.05, 0) is 60.9 Å². The lowest BCUT2D eigenvalue weighted by Gasteiger charge is -2.23. The maximum absolute atomic E-state index is 15.2. The lowest BCUT2D eigenvalue weighted by Crippen LogP contribution is -2.11. The molecule has 0 spiro atoms. The normalized spacial score (nSPS) is 12.6. The number of rotatable bonds is 10. The first-order valence-corrected chi connectivity index (χ1v) is 11.1. The third-order valence-corrected chi connectivity index (χ3v) is 5.71. The predicted molar refractivity (Wildman–Crippen MR) is 125 cm³/mol. The lowest BCUT2D eigenvalue weighted by atomic mass is 9.94. The number of aryl methyl sites for hydroxylation is 2. The van der Waals surface area contributed by atoms with Crippen molar-refractivity contribution in [2.75, 3.05) is 0 Å². The second kappa shape index (κ2) is 10.7. The molecule has 5 heteroatoms. The molecule has 1 heterocycles. The Kier molecular flexibility index (Phi) is 7.96. The van der Waals surface area contributed by atoms with Gasteiger partial charge < -0.3 is 4.74 Å². The van der Waals surface area contributed by atoms with Crippen molar-refractivity contribution in [3.05, 3.63) is 107 Å². The largest absolute Gasteiger partial charge is 0.450 e. The van der Waals surface area contributed by atoms with E-state index in [0.29, 0.717) is 53.5 Å². The van der Waals surface area contributed by atoms with Gasteiger partial charge in [0.1, 0.15) is 5.83 Å². The molecule has 0 radical (unpaired) electrons. The van der Waals surface area contributed by atoms with Crippen LogP contribution in [0.1, 0.15) is 54.9 Å². The van der Waals surface area contributed by atoms with Crippen LogP contribution in [0.25, 0.3) is 0 Å². The third kappa shape index (κ3) is 5.47. The van der Waals surface area contributed by atoms with E-state index in [4.69, 9.17) is 4.74 Å². The topological polar surface area (TPSA) is 9.23 Å². The van der Waals surface area contributed by atoms with Crippen LogP contribution in [0.4, 0.5) is 17.6 Å². The molecule has 0 unspecified atom stereocenters. The summed E-state index contributed by atoms with van der Waals surface area (Å²) in [6.45, 7) is 13.1. The van der Waals surface area contributed by atoms with Crippen LogP contribution in [0.5, 0.6) is 11.5 Å². The van der Waals surface area contributed by atoms with Gasteiger partial charge in [-0.3, -0.25) is 0 Å². The molecule has 174 valence electrons. The number of hydrogen-bond acceptors (Lipinski definition) is 1. The highest BCUT2D eigenvalue weighted by molar-refractivity contribution is 5.53. The first-order valence-electron chi connectivity index (χ1n) is 11.1. The monoisotopic (exact) mass is 456 g/mol. The van der Waals surface area contributed by atoms with E-state index < -0.39 is 23.3 Å². The zero-order valence-electron chi connectivity index (χ0n) is 18.9. The smallest absolute Gasteiger partial charge is 0.201 e. The number of allylic oxidation sites excluding steroid dienone is 5. The van der Waals surface area contributed by atoms with Gasteiger partial charge in [-0.25, -0.2) is 13.2 Å². The van der Waals surface area contributed by atoms with Gasteiger partial charge in [0.05, 0.1) is 0 Å². The van der Waals surface area contributed by atoms with Crippen LogP contribution >= 0.6 is 0 Å². The highest BCUT2D eigenvalue weighted by atomic mass is 19.2. The molecule has 0 bridgehead atoms. The summed E-state index contributed by atoms with van der Waals surface area (Å²) in [5.41, 5.74) is 2.49.